The molecule has 0 atom stereocenters. The Kier molecular flexibility index (Phi) is 5.89. The second kappa shape index (κ2) is 8.14. The first kappa shape index (κ1) is 18.8. The van der Waals surface area contributed by atoms with Crippen LogP contribution in [0.15, 0.2) is 27.1 Å². The van der Waals surface area contributed by atoms with Gasteiger partial charge in [0, 0.05) is 18.1 Å². The predicted molar refractivity (Wildman–Crippen MR) is 101 cm³/mol. The molecular formula is C19H20Cl2N2O3. The Morgan fingerprint density at radius 2 is 1.77 bits per heavy atom. The van der Waals surface area contributed by atoms with Crippen LogP contribution >= 0.6 is 23.2 Å². The van der Waals surface area contributed by atoms with E-state index < -0.39 is 0 Å². The molecule has 0 aliphatic rings. The van der Waals surface area contributed by atoms with Gasteiger partial charge in [0.15, 0.2) is 5.75 Å². The Morgan fingerprint density at radius 1 is 1.04 bits per heavy atom. The van der Waals surface area contributed by atoms with Gasteiger partial charge in [-0.25, -0.2) is 4.98 Å². The maximum Gasteiger partial charge on any atom is 0.226 e. The third kappa shape index (κ3) is 4.40. The van der Waals surface area contributed by atoms with Gasteiger partial charge in [-0.3, -0.25) is 0 Å². The second-order valence-corrected chi connectivity index (χ2v) is 6.98. The number of hydrogen-bond donors (Lipinski definition) is 0. The van der Waals surface area contributed by atoms with Crippen LogP contribution in [0, 0.1) is 20.8 Å². The molecule has 0 amide bonds. The molecule has 3 aromatic rings. The van der Waals surface area contributed by atoms with Crippen LogP contribution in [0.25, 0.3) is 11.5 Å². The average Bonchev–Trinajstić information content (AvgIpc) is 3.15. The lowest BCUT2D eigenvalue weighted by atomic mass is 10.2. The Hall–Kier alpha value is -1.98. The number of halogens is 2. The van der Waals surface area contributed by atoms with Gasteiger partial charge in [-0.1, -0.05) is 28.4 Å². The summed E-state index contributed by atoms with van der Waals surface area (Å²) in [7, 11) is 0. The van der Waals surface area contributed by atoms with Crippen LogP contribution < -0.4 is 4.74 Å². The minimum Gasteiger partial charge on any atom is -0.490 e. The summed E-state index contributed by atoms with van der Waals surface area (Å²) in [5.74, 6) is 2.64. The zero-order chi connectivity index (χ0) is 18.7. The SMILES string of the molecule is Cc1cc(CCCCOc2c(Cl)cc(-c3nc(C)c(C)o3)cc2Cl)on1. The van der Waals surface area contributed by atoms with Crippen LogP contribution in [-0.2, 0) is 6.42 Å². The molecule has 5 nitrogen and oxygen atoms in total. The summed E-state index contributed by atoms with van der Waals surface area (Å²) in [4.78, 5) is 4.37. The Bertz CT molecular complexity index is 860. The van der Waals surface area contributed by atoms with E-state index >= 15 is 0 Å². The summed E-state index contributed by atoms with van der Waals surface area (Å²) in [6, 6.07) is 5.45. The maximum atomic E-state index is 6.34. The smallest absolute Gasteiger partial charge is 0.226 e. The summed E-state index contributed by atoms with van der Waals surface area (Å²) in [5.41, 5.74) is 2.46. The number of aryl methyl sites for hydroxylation is 4. The maximum absolute atomic E-state index is 6.34. The molecule has 0 bridgehead atoms. The number of nitrogens with zero attached hydrogens (tertiary/aromatic N) is 2. The second-order valence-electron chi connectivity index (χ2n) is 6.17. The highest BCUT2D eigenvalue weighted by molar-refractivity contribution is 6.37. The zero-order valence-electron chi connectivity index (χ0n) is 14.9. The van der Waals surface area contributed by atoms with Crippen molar-refractivity contribution in [1.82, 2.24) is 10.1 Å². The molecule has 0 N–H and O–H groups in total. The fraction of sp³-hybridized carbons (Fsp3) is 0.368. The van der Waals surface area contributed by atoms with Crippen LogP contribution in [0.5, 0.6) is 5.75 Å². The van der Waals surface area contributed by atoms with Crippen molar-refractivity contribution in [2.24, 2.45) is 0 Å². The van der Waals surface area contributed by atoms with Crippen molar-refractivity contribution in [2.45, 2.75) is 40.0 Å². The van der Waals surface area contributed by atoms with Crippen LogP contribution in [0.3, 0.4) is 0 Å². The van der Waals surface area contributed by atoms with E-state index in [-0.39, 0.29) is 0 Å². The van der Waals surface area contributed by atoms with Gasteiger partial charge in [0.1, 0.15) is 11.5 Å². The average molecular weight is 395 g/mol. The van der Waals surface area contributed by atoms with Crippen molar-refractivity contribution in [1.29, 1.82) is 0 Å². The number of oxazole rings is 1. The van der Waals surface area contributed by atoms with Crippen LogP contribution in [-0.4, -0.2) is 16.7 Å². The molecule has 0 unspecified atom stereocenters. The van der Waals surface area contributed by atoms with Crippen molar-refractivity contribution in [3.63, 3.8) is 0 Å². The first-order valence-electron chi connectivity index (χ1n) is 8.42. The molecule has 1 aromatic carbocycles. The monoisotopic (exact) mass is 394 g/mol. The lowest BCUT2D eigenvalue weighted by molar-refractivity contribution is 0.302. The minimum absolute atomic E-state index is 0.437. The quantitative estimate of drug-likeness (QED) is 0.462. The first-order valence-corrected chi connectivity index (χ1v) is 9.18. The van der Waals surface area contributed by atoms with E-state index in [9.17, 15) is 0 Å². The van der Waals surface area contributed by atoms with Crippen LogP contribution in [0.1, 0.15) is 35.7 Å². The summed E-state index contributed by atoms with van der Waals surface area (Å²) >= 11 is 12.7. The first-order chi connectivity index (χ1) is 12.4. The van der Waals surface area contributed by atoms with E-state index in [1.165, 1.54) is 0 Å². The molecule has 0 aliphatic heterocycles. The topological polar surface area (TPSA) is 61.3 Å². The predicted octanol–water partition coefficient (Wildman–Crippen LogP) is 5.96. The number of hydrogen-bond acceptors (Lipinski definition) is 5. The van der Waals surface area contributed by atoms with Crippen molar-refractivity contribution in [3.05, 3.63) is 51.2 Å². The van der Waals surface area contributed by atoms with Crippen molar-refractivity contribution in [2.75, 3.05) is 6.61 Å². The minimum atomic E-state index is 0.437. The summed E-state index contributed by atoms with van der Waals surface area (Å²) in [6.45, 7) is 6.18. The fourth-order valence-corrected chi connectivity index (χ4v) is 3.12. The van der Waals surface area contributed by atoms with E-state index in [1.807, 2.05) is 26.8 Å². The summed E-state index contributed by atoms with van der Waals surface area (Å²) < 4.78 is 16.6. The van der Waals surface area contributed by atoms with Crippen LogP contribution in [0.4, 0.5) is 0 Å². The number of rotatable bonds is 7. The van der Waals surface area contributed by atoms with E-state index in [2.05, 4.69) is 10.1 Å². The Morgan fingerprint density at radius 3 is 2.35 bits per heavy atom. The van der Waals surface area contributed by atoms with Gasteiger partial charge < -0.3 is 13.7 Å². The molecule has 26 heavy (non-hydrogen) atoms. The molecule has 0 spiro atoms. The summed E-state index contributed by atoms with van der Waals surface area (Å²) in [5, 5.41) is 4.75. The number of aromatic nitrogens is 2. The number of benzene rings is 1. The standard InChI is InChI=1S/C19H20Cl2N2O3/c1-11-8-15(26-23-11)6-4-5-7-24-18-16(20)9-14(10-17(18)21)19-22-12(2)13(3)25-19/h8-10H,4-7H2,1-3H3. The summed E-state index contributed by atoms with van der Waals surface area (Å²) in [6.07, 6.45) is 2.61. The van der Waals surface area contributed by atoms with Gasteiger partial charge in [-0.05, 0) is 45.7 Å². The lowest BCUT2D eigenvalue weighted by Gasteiger charge is -2.11. The molecule has 0 saturated carbocycles. The molecular weight excluding hydrogens is 375 g/mol. The fourth-order valence-electron chi connectivity index (χ4n) is 2.53. The highest BCUT2D eigenvalue weighted by atomic mass is 35.5. The van der Waals surface area contributed by atoms with Gasteiger partial charge in [-0.15, -0.1) is 0 Å². The highest BCUT2D eigenvalue weighted by Gasteiger charge is 2.15. The van der Waals surface area contributed by atoms with Gasteiger partial charge in [0.25, 0.3) is 0 Å². The zero-order valence-corrected chi connectivity index (χ0v) is 16.4. The Labute approximate surface area is 162 Å². The largest absolute Gasteiger partial charge is 0.490 e. The Balaban J connectivity index is 1.58. The lowest BCUT2D eigenvalue weighted by Crippen LogP contribution is -1.99. The van der Waals surface area contributed by atoms with E-state index in [0.29, 0.717) is 28.3 Å². The van der Waals surface area contributed by atoms with E-state index in [4.69, 9.17) is 36.9 Å². The van der Waals surface area contributed by atoms with E-state index in [0.717, 1.165) is 47.7 Å². The molecule has 138 valence electrons. The van der Waals surface area contributed by atoms with E-state index in [1.54, 1.807) is 12.1 Å². The number of ether oxygens (including phenoxy) is 1. The molecule has 3 rings (SSSR count). The normalized spacial score (nSPS) is 11.1. The third-order valence-electron chi connectivity index (χ3n) is 4.01. The van der Waals surface area contributed by atoms with Gasteiger partial charge >= 0.3 is 0 Å². The number of unbranched alkanes of at least 4 members (excludes halogenated alkanes) is 1. The molecule has 0 aliphatic carbocycles. The van der Waals surface area contributed by atoms with Gasteiger partial charge in [0.2, 0.25) is 5.89 Å². The van der Waals surface area contributed by atoms with Crippen molar-refractivity contribution in [3.8, 4) is 17.2 Å². The highest BCUT2D eigenvalue weighted by Crippen LogP contribution is 2.37. The molecule has 7 heteroatoms. The molecule has 2 aromatic heterocycles. The molecule has 0 fully saturated rings. The third-order valence-corrected chi connectivity index (χ3v) is 4.58. The van der Waals surface area contributed by atoms with Crippen LogP contribution in [0.2, 0.25) is 10.0 Å². The van der Waals surface area contributed by atoms with Crippen molar-refractivity contribution >= 4 is 23.2 Å². The molecule has 0 saturated heterocycles. The van der Waals surface area contributed by atoms with Gasteiger partial charge in [0.05, 0.1) is 28.0 Å². The van der Waals surface area contributed by atoms with Gasteiger partial charge in [-0.2, -0.15) is 0 Å². The van der Waals surface area contributed by atoms with Crippen molar-refractivity contribution < 1.29 is 13.7 Å². The molecule has 2 heterocycles. The molecule has 0 radical (unpaired) electrons.